The van der Waals surface area contributed by atoms with Gasteiger partial charge in [0.15, 0.2) is 0 Å². The summed E-state index contributed by atoms with van der Waals surface area (Å²) in [5.74, 6) is -0.476. The summed E-state index contributed by atoms with van der Waals surface area (Å²) in [5, 5.41) is 2.97. The Morgan fingerprint density at radius 1 is 0.867 bits per heavy atom. The molecule has 1 aliphatic rings. The Morgan fingerprint density at radius 3 is 2.13 bits per heavy atom. The van der Waals surface area contributed by atoms with Crippen molar-refractivity contribution in [3.05, 3.63) is 77.1 Å². The van der Waals surface area contributed by atoms with Gasteiger partial charge in [0.1, 0.15) is 0 Å². The number of hydrogen-bond acceptors (Lipinski definition) is 2. The summed E-state index contributed by atoms with van der Waals surface area (Å²) in [6.07, 6.45) is 0.235. The van der Waals surface area contributed by atoms with Crippen molar-refractivity contribution in [2.75, 3.05) is 16.8 Å². The van der Waals surface area contributed by atoms with Gasteiger partial charge in [0.2, 0.25) is 11.8 Å². The predicted octanol–water partition coefficient (Wildman–Crippen LogP) is 4.70. The molecule has 1 N–H and O–H groups in total. The average molecular weight is 402 g/mol. The van der Waals surface area contributed by atoms with Crippen LogP contribution in [-0.2, 0) is 9.59 Å². The summed E-state index contributed by atoms with van der Waals surface area (Å²) < 4.78 is 2.17. The van der Waals surface area contributed by atoms with Gasteiger partial charge in [-0.1, -0.05) is 6.07 Å². The second-order valence-corrected chi connectivity index (χ2v) is 8.16. The topological polar surface area (TPSA) is 54.3 Å². The Kier molecular flexibility index (Phi) is 5.20. The van der Waals surface area contributed by atoms with Gasteiger partial charge < -0.3 is 14.8 Å². The molecule has 5 nitrogen and oxygen atoms in total. The monoisotopic (exact) mass is 401 g/mol. The van der Waals surface area contributed by atoms with Crippen LogP contribution in [0.5, 0.6) is 0 Å². The van der Waals surface area contributed by atoms with Gasteiger partial charge in [-0.05, 0) is 87.4 Å². The third kappa shape index (κ3) is 3.75. The molecule has 0 saturated carbocycles. The highest BCUT2D eigenvalue weighted by Gasteiger charge is 2.35. The number of hydrogen-bond donors (Lipinski definition) is 1. The quantitative estimate of drug-likeness (QED) is 0.689. The molecule has 3 aromatic rings. The molecular weight excluding hydrogens is 374 g/mol. The number of anilines is 2. The van der Waals surface area contributed by atoms with E-state index in [9.17, 15) is 9.59 Å². The molecule has 1 atom stereocenters. The molecular formula is C25H27N3O2. The minimum atomic E-state index is -0.354. The van der Waals surface area contributed by atoms with Crippen molar-refractivity contribution in [2.24, 2.45) is 5.92 Å². The van der Waals surface area contributed by atoms with Crippen molar-refractivity contribution in [3.63, 3.8) is 0 Å². The third-order valence-corrected chi connectivity index (χ3v) is 5.96. The van der Waals surface area contributed by atoms with Gasteiger partial charge in [-0.3, -0.25) is 9.59 Å². The van der Waals surface area contributed by atoms with Crippen LogP contribution in [0.3, 0.4) is 0 Å². The summed E-state index contributed by atoms with van der Waals surface area (Å²) in [6, 6.07) is 18.0. The summed E-state index contributed by atoms with van der Waals surface area (Å²) in [5.41, 5.74) is 7.32. The van der Waals surface area contributed by atoms with Gasteiger partial charge >= 0.3 is 0 Å². The lowest BCUT2D eigenvalue weighted by atomic mass is 10.1. The first-order valence-corrected chi connectivity index (χ1v) is 10.3. The van der Waals surface area contributed by atoms with E-state index in [0.29, 0.717) is 6.54 Å². The maximum absolute atomic E-state index is 12.8. The maximum Gasteiger partial charge on any atom is 0.229 e. The van der Waals surface area contributed by atoms with Crippen LogP contribution >= 0.6 is 0 Å². The van der Waals surface area contributed by atoms with Gasteiger partial charge in [-0.15, -0.1) is 0 Å². The van der Waals surface area contributed by atoms with Crippen molar-refractivity contribution in [1.29, 1.82) is 0 Å². The fraction of sp³-hybridized carbons (Fsp3) is 0.280. The highest BCUT2D eigenvalue weighted by atomic mass is 16.2. The standard InChI is InChI=1S/C25H27N3O2/c1-16-5-10-23(13-17(16)2)27-15-20(14-24(27)29)25(30)26-21-8-11-22(12-9-21)28-18(3)6-7-19(28)4/h5-13,20H,14-15H2,1-4H3,(H,26,30)/t20-/m0/s1. The summed E-state index contributed by atoms with van der Waals surface area (Å²) in [6.45, 7) is 8.63. The van der Waals surface area contributed by atoms with Crippen LogP contribution in [0.4, 0.5) is 11.4 Å². The number of amides is 2. The van der Waals surface area contributed by atoms with Crippen molar-refractivity contribution >= 4 is 23.2 Å². The van der Waals surface area contributed by atoms with Crippen LogP contribution < -0.4 is 10.2 Å². The van der Waals surface area contributed by atoms with E-state index in [1.807, 2.05) is 56.3 Å². The largest absolute Gasteiger partial charge is 0.326 e. The predicted molar refractivity (Wildman–Crippen MR) is 120 cm³/mol. The van der Waals surface area contributed by atoms with E-state index in [0.717, 1.165) is 22.6 Å². The fourth-order valence-electron chi connectivity index (χ4n) is 4.04. The molecule has 2 amide bonds. The number of benzene rings is 2. The van der Waals surface area contributed by atoms with Crippen molar-refractivity contribution in [2.45, 2.75) is 34.1 Å². The number of nitrogens with one attached hydrogen (secondary N) is 1. The second-order valence-electron chi connectivity index (χ2n) is 8.16. The maximum atomic E-state index is 12.8. The van der Waals surface area contributed by atoms with E-state index in [1.165, 1.54) is 17.0 Å². The van der Waals surface area contributed by atoms with Crippen LogP contribution in [0.2, 0.25) is 0 Å². The highest BCUT2D eigenvalue weighted by Crippen LogP contribution is 2.28. The smallest absolute Gasteiger partial charge is 0.229 e. The van der Waals surface area contributed by atoms with Crippen molar-refractivity contribution in [1.82, 2.24) is 4.57 Å². The molecule has 0 radical (unpaired) electrons. The van der Waals surface area contributed by atoms with Gasteiger partial charge in [-0.25, -0.2) is 0 Å². The Hall–Kier alpha value is -3.34. The van der Waals surface area contributed by atoms with Crippen LogP contribution in [0.15, 0.2) is 54.6 Å². The molecule has 5 heteroatoms. The summed E-state index contributed by atoms with van der Waals surface area (Å²) in [4.78, 5) is 27.0. The zero-order chi connectivity index (χ0) is 21.4. The number of nitrogens with zero attached hydrogens (tertiary/aromatic N) is 2. The Morgan fingerprint density at radius 2 is 1.50 bits per heavy atom. The second kappa shape index (κ2) is 7.82. The minimum Gasteiger partial charge on any atom is -0.326 e. The third-order valence-electron chi connectivity index (χ3n) is 5.96. The lowest BCUT2D eigenvalue weighted by molar-refractivity contribution is -0.122. The van der Waals surface area contributed by atoms with Crippen LogP contribution in [0.25, 0.3) is 5.69 Å². The number of aromatic nitrogens is 1. The van der Waals surface area contributed by atoms with E-state index in [4.69, 9.17) is 0 Å². The Balaban J connectivity index is 1.44. The normalized spacial score (nSPS) is 16.2. The van der Waals surface area contributed by atoms with E-state index in [2.05, 4.69) is 35.9 Å². The minimum absolute atomic E-state index is 0.00712. The van der Waals surface area contributed by atoms with Gasteiger partial charge in [0, 0.05) is 41.4 Å². The van der Waals surface area contributed by atoms with Crippen LogP contribution in [0.1, 0.15) is 28.9 Å². The molecule has 0 unspecified atom stereocenters. The Bertz CT molecular complexity index is 1090. The summed E-state index contributed by atoms with van der Waals surface area (Å²) >= 11 is 0. The lowest BCUT2D eigenvalue weighted by Crippen LogP contribution is -2.28. The number of aryl methyl sites for hydroxylation is 4. The molecule has 154 valence electrons. The zero-order valence-electron chi connectivity index (χ0n) is 17.9. The Labute approximate surface area is 177 Å². The molecule has 1 aromatic heterocycles. The molecule has 30 heavy (non-hydrogen) atoms. The molecule has 1 aliphatic heterocycles. The van der Waals surface area contributed by atoms with E-state index >= 15 is 0 Å². The fourth-order valence-corrected chi connectivity index (χ4v) is 4.04. The number of carbonyl (C=O) groups excluding carboxylic acids is 2. The van der Waals surface area contributed by atoms with Crippen LogP contribution in [0, 0.1) is 33.6 Å². The number of rotatable bonds is 4. The van der Waals surface area contributed by atoms with E-state index < -0.39 is 0 Å². The zero-order valence-corrected chi connectivity index (χ0v) is 17.9. The SMILES string of the molecule is Cc1ccc(N2C[C@@H](C(=O)Nc3ccc(-n4c(C)ccc4C)cc3)CC2=O)cc1C. The molecule has 1 saturated heterocycles. The first-order chi connectivity index (χ1) is 14.3. The molecule has 1 fully saturated rings. The van der Waals surface area contributed by atoms with Gasteiger partial charge in [-0.2, -0.15) is 0 Å². The average Bonchev–Trinajstić information content (AvgIpc) is 3.27. The lowest BCUT2D eigenvalue weighted by Gasteiger charge is -2.18. The molecule has 2 aromatic carbocycles. The van der Waals surface area contributed by atoms with Crippen molar-refractivity contribution < 1.29 is 9.59 Å². The first kappa shape index (κ1) is 20.0. The summed E-state index contributed by atoms with van der Waals surface area (Å²) in [7, 11) is 0. The van der Waals surface area contributed by atoms with Gasteiger partial charge in [0.05, 0.1) is 5.92 Å². The molecule has 4 rings (SSSR count). The van der Waals surface area contributed by atoms with Gasteiger partial charge in [0.25, 0.3) is 0 Å². The van der Waals surface area contributed by atoms with Crippen LogP contribution in [-0.4, -0.2) is 22.9 Å². The first-order valence-electron chi connectivity index (χ1n) is 10.3. The number of carbonyl (C=O) groups is 2. The van der Waals surface area contributed by atoms with Crippen molar-refractivity contribution in [3.8, 4) is 5.69 Å². The van der Waals surface area contributed by atoms with E-state index in [-0.39, 0.29) is 24.2 Å². The highest BCUT2D eigenvalue weighted by molar-refractivity contribution is 6.03. The molecule has 2 heterocycles. The van der Waals surface area contributed by atoms with E-state index in [1.54, 1.807) is 4.90 Å². The molecule has 0 bridgehead atoms. The molecule has 0 aliphatic carbocycles. The molecule has 0 spiro atoms.